The molecule has 0 N–H and O–H groups in total. The first kappa shape index (κ1) is 16.3. The quantitative estimate of drug-likeness (QED) is 0.649. The molecule has 136 valence electrons. The zero-order valence-corrected chi connectivity index (χ0v) is 15.1. The van der Waals surface area contributed by atoms with E-state index in [0.29, 0.717) is 18.2 Å². The van der Waals surface area contributed by atoms with E-state index < -0.39 is 6.04 Å². The van der Waals surface area contributed by atoms with Crippen molar-refractivity contribution < 1.29 is 9.53 Å². The third-order valence-corrected chi connectivity index (χ3v) is 5.39. The highest BCUT2D eigenvalue weighted by atomic mass is 35.5. The largest absolute Gasteiger partial charge is 0.493 e. The van der Waals surface area contributed by atoms with E-state index in [0.717, 1.165) is 23.3 Å². The Labute approximate surface area is 160 Å². The summed E-state index contributed by atoms with van der Waals surface area (Å²) in [6, 6.07) is 13.1. The Balaban J connectivity index is 1.50. The maximum atomic E-state index is 12.9. The number of carbonyl (C=O) groups excluding carboxylic acids is 1. The van der Waals surface area contributed by atoms with E-state index in [4.69, 9.17) is 16.3 Å². The Morgan fingerprint density at radius 1 is 1.15 bits per heavy atom. The standard InChI is InChI=1S/C19H16ClN5O2/c20-15-4-1-12(2-5-15)10-24-17(18(19(24)26)25-11-21-22-23-25)14-3-6-16-13(9-14)7-8-27-16/h1-6,9,11,17-18H,7-8,10H2. The molecule has 0 saturated carbocycles. The van der Waals surface area contributed by atoms with Gasteiger partial charge in [0.25, 0.3) is 5.91 Å². The first-order chi connectivity index (χ1) is 13.2. The summed E-state index contributed by atoms with van der Waals surface area (Å²) in [6.07, 6.45) is 2.38. The minimum absolute atomic E-state index is 0.000927. The number of benzene rings is 2. The van der Waals surface area contributed by atoms with Crippen LogP contribution in [0.15, 0.2) is 48.8 Å². The van der Waals surface area contributed by atoms with Gasteiger partial charge in [0.05, 0.1) is 12.6 Å². The Bertz CT molecular complexity index is 990. The fourth-order valence-electron chi connectivity index (χ4n) is 3.80. The van der Waals surface area contributed by atoms with Crippen molar-refractivity contribution in [2.24, 2.45) is 0 Å². The number of ether oxygens (including phenoxy) is 1. The van der Waals surface area contributed by atoms with Crippen molar-refractivity contribution in [2.45, 2.75) is 25.0 Å². The van der Waals surface area contributed by atoms with Crippen molar-refractivity contribution in [1.82, 2.24) is 25.1 Å². The molecule has 0 aliphatic carbocycles. The predicted molar refractivity (Wildman–Crippen MR) is 97.2 cm³/mol. The Kier molecular flexibility index (Phi) is 3.82. The van der Waals surface area contributed by atoms with Gasteiger partial charge in [0.2, 0.25) is 0 Å². The summed E-state index contributed by atoms with van der Waals surface area (Å²) in [7, 11) is 0. The Morgan fingerprint density at radius 3 is 2.78 bits per heavy atom. The van der Waals surface area contributed by atoms with Crippen molar-refractivity contribution in [3.05, 3.63) is 70.5 Å². The van der Waals surface area contributed by atoms with Crippen LogP contribution in [0.1, 0.15) is 28.8 Å². The number of aromatic nitrogens is 4. The van der Waals surface area contributed by atoms with Crippen LogP contribution in [0.5, 0.6) is 5.75 Å². The highest BCUT2D eigenvalue weighted by molar-refractivity contribution is 6.30. The number of halogens is 1. The van der Waals surface area contributed by atoms with Gasteiger partial charge in [-0.1, -0.05) is 29.8 Å². The number of amides is 1. The van der Waals surface area contributed by atoms with E-state index in [1.54, 1.807) is 0 Å². The van der Waals surface area contributed by atoms with Gasteiger partial charge in [-0.2, -0.15) is 0 Å². The van der Waals surface area contributed by atoms with Crippen molar-refractivity contribution in [1.29, 1.82) is 0 Å². The monoisotopic (exact) mass is 381 g/mol. The van der Waals surface area contributed by atoms with Gasteiger partial charge in [-0.15, -0.1) is 5.10 Å². The van der Waals surface area contributed by atoms with E-state index in [-0.39, 0.29) is 11.9 Å². The molecule has 1 fully saturated rings. The third kappa shape index (κ3) is 2.75. The maximum Gasteiger partial charge on any atom is 0.251 e. The summed E-state index contributed by atoms with van der Waals surface area (Å²) in [5.41, 5.74) is 3.26. The maximum absolute atomic E-state index is 12.9. The molecule has 2 aromatic carbocycles. The average Bonchev–Trinajstić information content (AvgIpc) is 3.36. The number of hydrogen-bond acceptors (Lipinski definition) is 5. The summed E-state index contributed by atoms with van der Waals surface area (Å²) >= 11 is 5.98. The molecule has 8 heteroatoms. The van der Waals surface area contributed by atoms with E-state index >= 15 is 0 Å². The highest BCUT2D eigenvalue weighted by Gasteiger charge is 2.50. The van der Waals surface area contributed by atoms with Gasteiger partial charge in [0, 0.05) is 18.0 Å². The lowest BCUT2D eigenvalue weighted by Crippen LogP contribution is -2.55. The molecule has 2 aliphatic rings. The van der Waals surface area contributed by atoms with Crippen molar-refractivity contribution in [3.63, 3.8) is 0 Å². The average molecular weight is 382 g/mol. The summed E-state index contributed by atoms with van der Waals surface area (Å²) in [4.78, 5) is 14.8. The Morgan fingerprint density at radius 2 is 2.00 bits per heavy atom. The molecular formula is C19H16ClN5O2. The second-order valence-corrected chi connectivity index (χ2v) is 7.17. The van der Waals surface area contributed by atoms with Gasteiger partial charge in [-0.3, -0.25) is 4.79 Å². The summed E-state index contributed by atoms with van der Waals surface area (Å²) in [6.45, 7) is 1.21. The zero-order valence-electron chi connectivity index (χ0n) is 14.3. The van der Waals surface area contributed by atoms with E-state index in [1.165, 1.54) is 16.6 Å². The van der Waals surface area contributed by atoms with Gasteiger partial charge in [0.15, 0.2) is 6.04 Å². The van der Waals surface area contributed by atoms with Crippen LogP contribution >= 0.6 is 11.6 Å². The molecule has 0 spiro atoms. The van der Waals surface area contributed by atoms with Crippen molar-refractivity contribution >= 4 is 17.5 Å². The Hall–Kier alpha value is -2.93. The predicted octanol–water partition coefficient (Wildman–Crippen LogP) is 2.59. The minimum Gasteiger partial charge on any atom is -0.493 e. The molecule has 27 heavy (non-hydrogen) atoms. The molecule has 1 saturated heterocycles. The minimum atomic E-state index is -0.437. The molecule has 2 atom stereocenters. The molecule has 2 aliphatic heterocycles. The first-order valence-electron chi connectivity index (χ1n) is 8.74. The summed E-state index contributed by atoms with van der Waals surface area (Å²) in [5, 5.41) is 12.0. The molecule has 5 rings (SSSR count). The lowest BCUT2D eigenvalue weighted by Gasteiger charge is -2.47. The van der Waals surface area contributed by atoms with Gasteiger partial charge in [-0.25, -0.2) is 4.68 Å². The van der Waals surface area contributed by atoms with E-state index in [2.05, 4.69) is 21.6 Å². The molecule has 3 aromatic rings. The molecule has 0 bridgehead atoms. The lowest BCUT2D eigenvalue weighted by molar-refractivity contribution is -0.157. The van der Waals surface area contributed by atoms with Crippen LogP contribution in [0.3, 0.4) is 0 Å². The number of carbonyl (C=O) groups is 1. The van der Waals surface area contributed by atoms with Crippen LogP contribution in [-0.2, 0) is 17.8 Å². The van der Waals surface area contributed by atoms with Crippen LogP contribution in [0, 0.1) is 0 Å². The molecule has 7 nitrogen and oxygen atoms in total. The van der Waals surface area contributed by atoms with Gasteiger partial charge in [-0.05, 0) is 51.4 Å². The first-order valence-corrected chi connectivity index (χ1v) is 9.11. The van der Waals surface area contributed by atoms with Gasteiger partial charge >= 0.3 is 0 Å². The smallest absolute Gasteiger partial charge is 0.251 e. The van der Waals surface area contributed by atoms with E-state index in [1.807, 2.05) is 41.3 Å². The molecule has 0 radical (unpaired) electrons. The summed E-state index contributed by atoms with van der Waals surface area (Å²) in [5.74, 6) is 0.923. The normalized spacial score (nSPS) is 20.9. The highest BCUT2D eigenvalue weighted by Crippen LogP contribution is 2.45. The molecular weight excluding hydrogens is 366 g/mol. The van der Waals surface area contributed by atoms with E-state index in [9.17, 15) is 4.79 Å². The van der Waals surface area contributed by atoms with Crippen LogP contribution < -0.4 is 4.74 Å². The molecule has 1 amide bonds. The number of hydrogen-bond donors (Lipinski definition) is 0. The summed E-state index contributed by atoms with van der Waals surface area (Å²) < 4.78 is 7.14. The van der Waals surface area contributed by atoms with Crippen LogP contribution in [0.25, 0.3) is 0 Å². The van der Waals surface area contributed by atoms with Crippen LogP contribution in [0.4, 0.5) is 0 Å². The number of likely N-dealkylation sites (tertiary alicyclic amines) is 1. The molecule has 1 aromatic heterocycles. The molecule has 2 unspecified atom stereocenters. The number of fused-ring (bicyclic) bond motifs is 1. The lowest BCUT2D eigenvalue weighted by atomic mass is 9.87. The second kappa shape index (κ2) is 6.35. The number of rotatable bonds is 4. The fraction of sp³-hybridized carbons (Fsp3) is 0.263. The van der Waals surface area contributed by atoms with Crippen LogP contribution in [-0.4, -0.2) is 37.6 Å². The third-order valence-electron chi connectivity index (χ3n) is 5.14. The SMILES string of the molecule is O=C1C(n2cnnn2)C(c2ccc3c(c2)CCO3)N1Cc1ccc(Cl)cc1. The topological polar surface area (TPSA) is 73.1 Å². The number of tetrazole rings is 1. The second-order valence-electron chi connectivity index (χ2n) is 6.74. The van der Waals surface area contributed by atoms with Crippen molar-refractivity contribution in [3.8, 4) is 5.75 Å². The number of nitrogens with zero attached hydrogens (tertiary/aromatic N) is 5. The zero-order chi connectivity index (χ0) is 18.4. The van der Waals surface area contributed by atoms with Gasteiger partial charge in [0.1, 0.15) is 12.1 Å². The van der Waals surface area contributed by atoms with Gasteiger partial charge < -0.3 is 9.64 Å². The van der Waals surface area contributed by atoms with Crippen molar-refractivity contribution in [2.75, 3.05) is 6.61 Å². The fourth-order valence-corrected chi connectivity index (χ4v) is 3.93. The van der Waals surface area contributed by atoms with Crippen LogP contribution in [0.2, 0.25) is 5.02 Å². The number of β-lactam (4-membered cyclic amide) rings is 1. The molecule has 3 heterocycles.